The van der Waals surface area contributed by atoms with Gasteiger partial charge in [0.05, 0.1) is 0 Å². The van der Waals surface area contributed by atoms with Crippen LogP contribution < -0.4 is 5.32 Å². The maximum absolute atomic E-state index is 13.3. The van der Waals surface area contributed by atoms with E-state index < -0.39 is 5.60 Å². The number of carbonyl (C=O) groups excluding carboxylic acids is 1. The number of benzene rings is 2. The maximum Gasteiger partial charge on any atom is 0.256 e. The lowest BCUT2D eigenvalue weighted by atomic mass is 9.91. The molecule has 28 heavy (non-hydrogen) atoms. The highest BCUT2D eigenvalue weighted by molar-refractivity contribution is 5.86. The van der Waals surface area contributed by atoms with Crippen LogP contribution in [0.25, 0.3) is 0 Å². The SMILES string of the molecule is CC(C)c1ccc(CN2CCC[C@@](O)(CNCc3cccc(F)c3)C2=O)cc1. The summed E-state index contributed by atoms with van der Waals surface area (Å²) >= 11 is 0. The first-order valence-corrected chi connectivity index (χ1v) is 9.93. The molecule has 0 saturated carbocycles. The molecule has 150 valence electrons. The van der Waals surface area contributed by atoms with E-state index in [0.29, 0.717) is 32.0 Å². The van der Waals surface area contributed by atoms with Crippen molar-refractivity contribution in [3.63, 3.8) is 0 Å². The molecule has 2 N–H and O–H groups in total. The molecule has 1 aliphatic heterocycles. The first-order chi connectivity index (χ1) is 13.4. The Morgan fingerprint density at radius 2 is 1.93 bits per heavy atom. The first kappa shape index (κ1) is 20.5. The van der Waals surface area contributed by atoms with Gasteiger partial charge in [-0.15, -0.1) is 0 Å². The molecule has 1 atom stereocenters. The van der Waals surface area contributed by atoms with E-state index in [1.807, 2.05) is 6.07 Å². The molecule has 1 fully saturated rings. The second-order valence-corrected chi connectivity index (χ2v) is 7.99. The lowest BCUT2D eigenvalue weighted by Gasteiger charge is -2.38. The number of nitrogens with zero attached hydrogens (tertiary/aromatic N) is 1. The molecule has 0 aromatic heterocycles. The van der Waals surface area contributed by atoms with E-state index in [0.717, 1.165) is 17.5 Å². The van der Waals surface area contributed by atoms with Gasteiger partial charge in [-0.25, -0.2) is 4.39 Å². The Labute approximate surface area is 166 Å². The summed E-state index contributed by atoms with van der Waals surface area (Å²) in [5, 5.41) is 14.0. The quantitative estimate of drug-likeness (QED) is 0.767. The Balaban J connectivity index is 1.58. The summed E-state index contributed by atoms with van der Waals surface area (Å²) in [6, 6.07) is 14.6. The number of nitrogens with one attached hydrogen (secondary N) is 1. The fourth-order valence-electron chi connectivity index (χ4n) is 3.67. The van der Waals surface area contributed by atoms with Crippen LogP contribution in [0, 0.1) is 5.82 Å². The van der Waals surface area contributed by atoms with Crippen LogP contribution in [-0.4, -0.2) is 34.6 Å². The van der Waals surface area contributed by atoms with Crippen LogP contribution in [0.2, 0.25) is 0 Å². The van der Waals surface area contributed by atoms with Gasteiger partial charge < -0.3 is 15.3 Å². The van der Waals surface area contributed by atoms with E-state index in [1.165, 1.54) is 17.7 Å². The second-order valence-electron chi connectivity index (χ2n) is 7.99. The third-order valence-corrected chi connectivity index (χ3v) is 5.36. The normalized spacial score (nSPS) is 20.0. The number of aliphatic hydroxyl groups is 1. The minimum Gasteiger partial charge on any atom is -0.379 e. The van der Waals surface area contributed by atoms with Gasteiger partial charge in [-0.1, -0.05) is 50.2 Å². The molecule has 0 spiro atoms. The molecule has 4 nitrogen and oxygen atoms in total. The third kappa shape index (κ3) is 4.97. The summed E-state index contributed by atoms with van der Waals surface area (Å²) in [5.41, 5.74) is 1.71. The average Bonchev–Trinajstić information content (AvgIpc) is 2.66. The summed E-state index contributed by atoms with van der Waals surface area (Å²) in [4.78, 5) is 14.6. The van der Waals surface area contributed by atoms with Crippen LogP contribution in [-0.2, 0) is 17.9 Å². The number of hydrogen-bond acceptors (Lipinski definition) is 3. The molecule has 1 amide bonds. The summed E-state index contributed by atoms with van der Waals surface area (Å²) < 4.78 is 13.3. The molecule has 3 rings (SSSR count). The fourth-order valence-corrected chi connectivity index (χ4v) is 3.67. The maximum atomic E-state index is 13.3. The topological polar surface area (TPSA) is 52.6 Å². The minimum absolute atomic E-state index is 0.158. The molecule has 2 aromatic rings. The minimum atomic E-state index is -1.41. The van der Waals surface area contributed by atoms with Crippen LogP contribution in [0.3, 0.4) is 0 Å². The molecule has 1 saturated heterocycles. The van der Waals surface area contributed by atoms with Crippen molar-refractivity contribution in [2.24, 2.45) is 0 Å². The number of piperidine rings is 1. The zero-order chi connectivity index (χ0) is 20.1. The first-order valence-electron chi connectivity index (χ1n) is 9.93. The van der Waals surface area contributed by atoms with E-state index in [1.54, 1.807) is 11.0 Å². The molecule has 1 aliphatic rings. The molecular weight excluding hydrogens is 355 g/mol. The predicted octanol–water partition coefficient (Wildman–Crippen LogP) is 3.59. The average molecular weight is 384 g/mol. The molecule has 2 aromatic carbocycles. The second kappa shape index (κ2) is 8.84. The van der Waals surface area contributed by atoms with Crippen molar-refractivity contribution >= 4 is 5.91 Å². The van der Waals surface area contributed by atoms with E-state index >= 15 is 0 Å². The van der Waals surface area contributed by atoms with E-state index in [2.05, 4.69) is 43.4 Å². The Kier molecular flexibility index (Phi) is 6.47. The Bertz CT molecular complexity index is 807. The number of halogens is 1. The van der Waals surface area contributed by atoms with Crippen LogP contribution in [0.4, 0.5) is 4.39 Å². The highest BCUT2D eigenvalue weighted by atomic mass is 19.1. The number of rotatable bonds is 7. The number of hydrogen-bond donors (Lipinski definition) is 2. The van der Waals surface area contributed by atoms with Crippen molar-refractivity contribution in [1.29, 1.82) is 0 Å². The van der Waals surface area contributed by atoms with E-state index in [-0.39, 0.29) is 18.3 Å². The number of likely N-dealkylation sites (tertiary alicyclic amines) is 1. The van der Waals surface area contributed by atoms with Gasteiger partial charge in [0.25, 0.3) is 5.91 Å². The van der Waals surface area contributed by atoms with Crippen molar-refractivity contribution in [2.45, 2.75) is 51.3 Å². The molecule has 1 heterocycles. The van der Waals surface area contributed by atoms with Gasteiger partial charge in [0.15, 0.2) is 5.60 Å². The van der Waals surface area contributed by atoms with Crippen LogP contribution >= 0.6 is 0 Å². The van der Waals surface area contributed by atoms with Crippen molar-refractivity contribution in [3.05, 3.63) is 71.0 Å². The van der Waals surface area contributed by atoms with Crippen LogP contribution in [0.5, 0.6) is 0 Å². The van der Waals surface area contributed by atoms with Crippen molar-refractivity contribution in [3.8, 4) is 0 Å². The van der Waals surface area contributed by atoms with Gasteiger partial charge in [0.1, 0.15) is 5.82 Å². The summed E-state index contributed by atoms with van der Waals surface area (Å²) in [5.74, 6) is -0.0558. The molecular formula is C23H29FN2O2. The van der Waals surface area contributed by atoms with Gasteiger partial charge in [-0.2, -0.15) is 0 Å². The lowest BCUT2D eigenvalue weighted by molar-refractivity contribution is -0.157. The zero-order valence-electron chi connectivity index (χ0n) is 16.6. The molecule has 0 unspecified atom stereocenters. The highest BCUT2D eigenvalue weighted by Crippen LogP contribution is 2.24. The van der Waals surface area contributed by atoms with Crippen molar-refractivity contribution in [2.75, 3.05) is 13.1 Å². The van der Waals surface area contributed by atoms with Gasteiger partial charge in [-0.05, 0) is 47.6 Å². The third-order valence-electron chi connectivity index (χ3n) is 5.36. The van der Waals surface area contributed by atoms with Gasteiger partial charge in [-0.3, -0.25) is 4.79 Å². The Morgan fingerprint density at radius 1 is 1.18 bits per heavy atom. The summed E-state index contributed by atoms with van der Waals surface area (Å²) in [7, 11) is 0. The van der Waals surface area contributed by atoms with Gasteiger partial charge >= 0.3 is 0 Å². The smallest absolute Gasteiger partial charge is 0.256 e. The number of amides is 1. The molecule has 0 bridgehead atoms. The highest BCUT2D eigenvalue weighted by Gasteiger charge is 2.41. The molecule has 5 heteroatoms. The van der Waals surface area contributed by atoms with Gasteiger partial charge in [0.2, 0.25) is 0 Å². The Morgan fingerprint density at radius 3 is 2.61 bits per heavy atom. The summed E-state index contributed by atoms with van der Waals surface area (Å²) in [6.07, 6.45) is 1.19. The van der Waals surface area contributed by atoms with Crippen molar-refractivity contribution in [1.82, 2.24) is 10.2 Å². The fraction of sp³-hybridized carbons (Fsp3) is 0.435. The standard InChI is InChI=1S/C23H29FN2O2/c1-17(2)20-9-7-18(8-10-20)15-26-12-4-11-23(28,22(26)27)16-25-14-19-5-3-6-21(24)13-19/h3,5-10,13,17,25,28H,4,11-12,14-16H2,1-2H3/t23-/m1/s1. The van der Waals surface area contributed by atoms with Crippen molar-refractivity contribution < 1.29 is 14.3 Å². The monoisotopic (exact) mass is 384 g/mol. The zero-order valence-corrected chi connectivity index (χ0v) is 16.6. The molecule has 0 radical (unpaired) electrons. The predicted molar refractivity (Wildman–Crippen MR) is 108 cm³/mol. The van der Waals surface area contributed by atoms with Gasteiger partial charge in [0, 0.05) is 26.2 Å². The van der Waals surface area contributed by atoms with E-state index in [4.69, 9.17) is 0 Å². The largest absolute Gasteiger partial charge is 0.379 e. The lowest BCUT2D eigenvalue weighted by Crippen LogP contribution is -2.57. The van der Waals surface area contributed by atoms with Crippen LogP contribution in [0.15, 0.2) is 48.5 Å². The van der Waals surface area contributed by atoms with E-state index in [9.17, 15) is 14.3 Å². The molecule has 0 aliphatic carbocycles. The summed E-state index contributed by atoms with van der Waals surface area (Å²) in [6.45, 7) is 6.02. The number of carbonyl (C=O) groups is 1. The van der Waals surface area contributed by atoms with Crippen LogP contribution in [0.1, 0.15) is 49.3 Å². The Hall–Kier alpha value is -2.24.